The third kappa shape index (κ3) is 3.32. The number of rotatable bonds is 4. The SMILES string of the molecule is CC(=O)c1cc(Cl)ccc1OS(=O)(=O)c1ccc2c(c1)OCCO2. The zero-order valence-corrected chi connectivity index (χ0v) is 14.2. The minimum atomic E-state index is -4.15. The van der Waals surface area contributed by atoms with Crippen molar-refractivity contribution in [1.82, 2.24) is 0 Å². The number of halogens is 1. The molecule has 6 nitrogen and oxygen atoms in total. The molecule has 1 heterocycles. The molecule has 0 amide bonds. The van der Waals surface area contributed by atoms with E-state index in [0.29, 0.717) is 29.7 Å². The molecule has 126 valence electrons. The summed E-state index contributed by atoms with van der Waals surface area (Å²) in [6.07, 6.45) is 0. The van der Waals surface area contributed by atoms with Gasteiger partial charge in [-0.2, -0.15) is 8.42 Å². The molecular formula is C16H13ClO6S. The van der Waals surface area contributed by atoms with Crippen molar-refractivity contribution in [2.75, 3.05) is 13.2 Å². The summed E-state index contributed by atoms with van der Waals surface area (Å²) in [4.78, 5) is 11.6. The molecule has 2 aromatic carbocycles. The first kappa shape index (κ1) is 16.6. The standard InChI is InChI=1S/C16H13ClO6S/c1-10(18)13-8-11(17)2-4-14(13)23-24(19,20)12-3-5-15-16(9-12)22-7-6-21-15/h2-5,8-9H,6-7H2,1H3. The molecule has 8 heteroatoms. The summed E-state index contributed by atoms with van der Waals surface area (Å²) >= 11 is 5.84. The number of carbonyl (C=O) groups excluding carboxylic acids is 1. The summed E-state index contributed by atoms with van der Waals surface area (Å²) in [5.74, 6) is 0.358. The maximum Gasteiger partial charge on any atom is 0.339 e. The van der Waals surface area contributed by atoms with Gasteiger partial charge in [0.2, 0.25) is 0 Å². The van der Waals surface area contributed by atoms with Crippen molar-refractivity contribution in [3.8, 4) is 17.2 Å². The molecule has 0 aliphatic carbocycles. The van der Waals surface area contributed by atoms with Crippen molar-refractivity contribution in [3.63, 3.8) is 0 Å². The normalized spacial score (nSPS) is 13.4. The molecule has 1 aliphatic heterocycles. The van der Waals surface area contributed by atoms with Gasteiger partial charge in [-0.15, -0.1) is 0 Å². The van der Waals surface area contributed by atoms with E-state index in [2.05, 4.69) is 0 Å². The van der Waals surface area contributed by atoms with E-state index in [1.807, 2.05) is 0 Å². The van der Waals surface area contributed by atoms with Crippen molar-refractivity contribution in [2.45, 2.75) is 11.8 Å². The Balaban J connectivity index is 1.96. The molecule has 0 saturated heterocycles. The third-order valence-corrected chi connectivity index (χ3v) is 4.79. The van der Waals surface area contributed by atoms with Crippen molar-refractivity contribution in [1.29, 1.82) is 0 Å². The average Bonchev–Trinajstić information content (AvgIpc) is 2.55. The van der Waals surface area contributed by atoms with Crippen LogP contribution in [0.5, 0.6) is 17.2 Å². The lowest BCUT2D eigenvalue weighted by molar-refractivity contribution is 0.101. The van der Waals surface area contributed by atoms with Crippen LogP contribution in [0.1, 0.15) is 17.3 Å². The fraction of sp³-hybridized carbons (Fsp3) is 0.188. The molecule has 0 bridgehead atoms. The molecule has 2 aromatic rings. The van der Waals surface area contributed by atoms with E-state index < -0.39 is 10.1 Å². The quantitative estimate of drug-likeness (QED) is 0.609. The Hall–Kier alpha value is -2.25. The fourth-order valence-electron chi connectivity index (χ4n) is 2.20. The lowest BCUT2D eigenvalue weighted by atomic mass is 10.1. The molecule has 0 atom stereocenters. The van der Waals surface area contributed by atoms with E-state index >= 15 is 0 Å². The predicted octanol–water partition coefficient (Wildman–Crippen LogP) is 3.08. The summed E-state index contributed by atoms with van der Waals surface area (Å²) in [5, 5.41) is 0.310. The van der Waals surface area contributed by atoms with Crippen molar-refractivity contribution in [3.05, 3.63) is 47.0 Å². The van der Waals surface area contributed by atoms with E-state index in [9.17, 15) is 13.2 Å². The highest BCUT2D eigenvalue weighted by atomic mass is 35.5. The molecule has 0 fully saturated rings. The molecule has 0 radical (unpaired) electrons. The van der Waals surface area contributed by atoms with Gasteiger partial charge in [-0.3, -0.25) is 4.79 Å². The monoisotopic (exact) mass is 368 g/mol. The van der Waals surface area contributed by atoms with E-state index in [4.69, 9.17) is 25.3 Å². The number of hydrogen-bond acceptors (Lipinski definition) is 6. The van der Waals surface area contributed by atoms with Gasteiger partial charge in [0.05, 0.1) is 5.56 Å². The van der Waals surface area contributed by atoms with Crippen molar-refractivity contribution >= 4 is 27.5 Å². The van der Waals surface area contributed by atoms with E-state index in [1.54, 1.807) is 0 Å². The number of benzene rings is 2. The second kappa shape index (κ2) is 6.33. The number of fused-ring (bicyclic) bond motifs is 1. The van der Waals surface area contributed by atoms with Gasteiger partial charge >= 0.3 is 10.1 Å². The zero-order chi connectivity index (χ0) is 17.3. The van der Waals surface area contributed by atoms with Crippen LogP contribution in [0.4, 0.5) is 0 Å². The van der Waals surface area contributed by atoms with E-state index in [1.165, 1.54) is 43.3 Å². The Labute approximate surface area is 144 Å². The first-order valence-corrected chi connectivity index (χ1v) is 8.80. The Kier molecular flexibility index (Phi) is 4.38. The average molecular weight is 369 g/mol. The molecule has 24 heavy (non-hydrogen) atoms. The van der Waals surface area contributed by atoms with Crippen LogP contribution in [-0.4, -0.2) is 27.4 Å². The van der Waals surface area contributed by atoms with Crippen molar-refractivity contribution in [2.24, 2.45) is 0 Å². The minimum absolute atomic E-state index is 0.0817. The van der Waals surface area contributed by atoms with Gasteiger partial charge in [-0.1, -0.05) is 11.6 Å². The molecule has 0 saturated carbocycles. The van der Waals surface area contributed by atoms with Gasteiger partial charge in [0.25, 0.3) is 0 Å². The Bertz CT molecular complexity index is 907. The summed E-state index contributed by atoms with van der Waals surface area (Å²) in [5.41, 5.74) is 0.0867. The molecular weight excluding hydrogens is 356 g/mol. The number of hydrogen-bond donors (Lipinski definition) is 0. The molecule has 0 spiro atoms. The van der Waals surface area contributed by atoms with Crippen LogP contribution in [0, 0.1) is 0 Å². The van der Waals surface area contributed by atoms with Crippen LogP contribution in [0.15, 0.2) is 41.3 Å². The van der Waals surface area contributed by atoms with Gasteiger partial charge in [-0.05, 0) is 37.3 Å². The highest BCUT2D eigenvalue weighted by molar-refractivity contribution is 7.87. The minimum Gasteiger partial charge on any atom is -0.486 e. The van der Waals surface area contributed by atoms with Gasteiger partial charge < -0.3 is 13.7 Å². The van der Waals surface area contributed by atoms with Gasteiger partial charge in [0.1, 0.15) is 18.1 Å². The molecule has 0 aromatic heterocycles. The molecule has 1 aliphatic rings. The second-order valence-corrected chi connectivity index (χ2v) is 7.02. The maximum atomic E-state index is 12.5. The van der Waals surface area contributed by atoms with Gasteiger partial charge in [0, 0.05) is 11.1 Å². The lowest BCUT2D eigenvalue weighted by Gasteiger charge is -2.19. The zero-order valence-electron chi connectivity index (χ0n) is 12.6. The van der Waals surface area contributed by atoms with Crippen LogP contribution < -0.4 is 13.7 Å². The maximum absolute atomic E-state index is 12.5. The van der Waals surface area contributed by atoms with Crippen LogP contribution >= 0.6 is 11.6 Å². The van der Waals surface area contributed by atoms with Crippen LogP contribution in [0.2, 0.25) is 5.02 Å². The number of ketones is 1. The van der Waals surface area contributed by atoms with Gasteiger partial charge in [0.15, 0.2) is 23.0 Å². The summed E-state index contributed by atoms with van der Waals surface area (Å²) in [7, 11) is -4.15. The molecule has 0 unspecified atom stereocenters. The smallest absolute Gasteiger partial charge is 0.339 e. The third-order valence-electron chi connectivity index (χ3n) is 3.32. The number of ether oxygens (including phenoxy) is 2. The lowest BCUT2D eigenvalue weighted by Crippen LogP contribution is -2.17. The summed E-state index contributed by atoms with van der Waals surface area (Å²) in [6, 6.07) is 8.33. The molecule has 0 N–H and O–H groups in total. The first-order valence-electron chi connectivity index (χ1n) is 7.01. The Morgan fingerprint density at radius 2 is 1.79 bits per heavy atom. The van der Waals surface area contributed by atoms with E-state index in [-0.39, 0.29) is 22.0 Å². The topological polar surface area (TPSA) is 78.9 Å². The van der Waals surface area contributed by atoms with Crippen LogP contribution in [-0.2, 0) is 10.1 Å². The second-order valence-electron chi connectivity index (χ2n) is 5.04. The van der Waals surface area contributed by atoms with E-state index in [0.717, 1.165) is 0 Å². The Morgan fingerprint density at radius 1 is 1.08 bits per heavy atom. The highest BCUT2D eigenvalue weighted by Crippen LogP contribution is 2.33. The molecule has 3 rings (SSSR count). The first-order chi connectivity index (χ1) is 11.4. The number of carbonyl (C=O) groups is 1. The fourth-order valence-corrected chi connectivity index (χ4v) is 3.33. The van der Waals surface area contributed by atoms with Crippen LogP contribution in [0.25, 0.3) is 0 Å². The van der Waals surface area contributed by atoms with Crippen LogP contribution in [0.3, 0.4) is 0 Å². The number of Topliss-reactive ketones (excluding diaryl/α,β-unsaturated/α-hetero) is 1. The highest BCUT2D eigenvalue weighted by Gasteiger charge is 2.23. The Morgan fingerprint density at radius 3 is 2.50 bits per heavy atom. The summed E-state index contributed by atoms with van der Waals surface area (Å²) < 4.78 is 40.8. The van der Waals surface area contributed by atoms with Gasteiger partial charge in [-0.25, -0.2) is 0 Å². The van der Waals surface area contributed by atoms with Crippen molar-refractivity contribution < 1.29 is 26.9 Å². The summed E-state index contributed by atoms with van der Waals surface area (Å²) in [6.45, 7) is 2.04. The largest absolute Gasteiger partial charge is 0.486 e. The predicted molar refractivity (Wildman–Crippen MR) is 86.7 cm³/mol.